The predicted molar refractivity (Wildman–Crippen MR) is 99.9 cm³/mol. The molecule has 0 saturated carbocycles. The molecule has 1 N–H and O–H groups in total. The molecule has 10 heteroatoms. The van der Waals surface area contributed by atoms with Gasteiger partial charge in [-0.25, -0.2) is 8.78 Å². The first-order valence-corrected chi connectivity index (χ1v) is 9.04. The van der Waals surface area contributed by atoms with Gasteiger partial charge in [-0.3, -0.25) is 9.48 Å². The van der Waals surface area contributed by atoms with Crippen LogP contribution in [0.1, 0.15) is 22.5 Å². The minimum absolute atomic E-state index is 0.0690. The molecule has 29 heavy (non-hydrogen) atoms. The van der Waals surface area contributed by atoms with Crippen LogP contribution in [0.3, 0.4) is 0 Å². The smallest absolute Gasteiger partial charge is 0.321 e. The third-order valence-corrected chi connectivity index (χ3v) is 4.59. The summed E-state index contributed by atoms with van der Waals surface area (Å²) in [7, 11) is 1.39. The van der Waals surface area contributed by atoms with E-state index in [0.717, 1.165) is 16.9 Å². The monoisotopic (exact) mass is 427 g/mol. The second-order valence-corrected chi connectivity index (χ2v) is 7.12. The Labute approximate surface area is 166 Å². The van der Waals surface area contributed by atoms with Crippen LogP contribution in [0.4, 0.5) is 27.6 Å². The van der Waals surface area contributed by atoms with E-state index in [0.29, 0.717) is 11.1 Å². The number of aryl methyl sites for hydroxylation is 1. The fourth-order valence-electron chi connectivity index (χ4n) is 2.72. The highest BCUT2D eigenvalue weighted by atomic mass is 32.2. The first-order valence-electron chi connectivity index (χ1n) is 8.22. The SMILES string of the molecule is Cn1cc(C(=O)Nc2cc(SC(F)(F)F)ccc2-c2ccccc2)c(C(F)F)n1. The molecule has 152 valence electrons. The molecule has 0 bridgehead atoms. The molecule has 3 aromatic rings. The number of carbonyl (C=O) groups excluding carboxylic acids is 1. The predicted octanol–water partition coefficient (Wildman–Crippen LogP) is 5.89. The molecule has 1 amide bonds. The van der Waals surface area contributed by atoms with Gasteiger partial charge in [0.05, 0.1) is 5.56 Å². The van der Waals surface area contributed by atoms with Crippen molar-refractivity contribution in [1.29, 1.82) is 0 Å². The molecular formula is C19H14F5N3OS. The van der Waals surface area contributed by atoms with Crippen LogP contribution in [0.15, 0.2) is 59.6 Å². The lowest BCUT2D eigenvalue weighted by Gasteiger charge is -2.14. The maximum absolute atomic E-state index is 13.1. The minimum atomic E-state index is -4.51. The van der Waals surface area contributed by atoms with Gasteiger partial charge in [0, 0.05) is 29.4 Å². The minimum Gasteiger partial charge on any atom is -0.321 e. The number of nitrogens with zero attached hydrogens (tertiary/aromatic N) is 2. The zero-order valence-electron chi connectivity index (χ0n) is 14.9. The zero-order chi connectivity index (χ0) is 21.2. The first-order chi connectivity index (χ1) is 13.6. The van der Waals surface area contributed by atoms with Gasteiger partial charge in [0.2, 0.25) is 0 Å². The number of nitrogens with one attached hydrogen (secondary N) is 1. The van der Waals surface area contributed by atoms with Crippen LogP contribution in [0.25, 0.3) is 11.1 Å². The molecule has 0 saturated heterocycles. The summed E-state index contributed by atoms with van der Waals surface area (Å²) in [5.74, 6) is -0.889. The molecule has 4 nitrogen and oxygen atoms in total. The summed E-state index contributed by atoms with van der Waals surface area (Å²) in [5.41, 5.74) is -4.40. The molecular weight excluding hydrogens is 413 g/mol. The van der Waals surface area contributed by atoms with Crippen LogP contribution in [0.5, 0.6) is 0 Å². The number of rotatable bonds is 5. The van der Waals surface area contributed by atoms with Crippen LogP contribution >= 0.6 is 11.8 Å². The molecule has 0 unspecified atom stereocenters. The Kier molecular flexibility index (Phi) is 5.92. The van der Waals surface area contributed by atoms with Crippen LogP contribution in [0.2, 0.25) is 0 Å². The molecule has 1 heterocycles. The Hall–Kier alpha value is -2.88. The summed E-state index contributed by atoms with van der Waals surface area (Å²) in [4.78, 5) is 12.5. The Bertz CT molecular complexity index is 1020. The van der Waals surface area contributed by atoms with E-state index in [1.54, 1.807) is 30.3 Å². The topological polar surface area (TPSA) is 46.9 Å². The molecule has 0 radical (unpaired) electrons. The summed E-state index contributed by atoms with van der Waals surface area (Å²) >= 11 is -0.334. The quantitative estimate of drug-likeness (QED) is 0.408. The largest absolute Gasteiger partial charge is 0.446 e. The lowest BCUT2D eigenvalue weighted by atomic mass is 10.0. The highest BCUT2D eigenvalue weighted by Crippen LogP contribution is 2.40. The van der Waals surface area contributed by atoms with Gasteiger partial charge < -0.3 is 5.32 Å². The summed E-state index contributed by atoms with van der Waals surface area (Å²) in [6, 6.07) is 12.6. The third kappa shape index (κ3) is 5.14. The maximum atomic E-state index is 13.1. The standard InChI is InChI=1S/C19H14F5N3OS/c1-27-10-14(16(26-27)17(20)21)18(28)25-15-9-12(29-19(22,23)24)7-8-13(15)11-5-3-2-4-6-11/h2-10,17H,1H3,(H,25,28). The number of benzene rings is 2. The second kappa shape index (κ2) is 8.24. The zero-order valence-corrected chi connectivity index (χ0v) is 15.7. The van der Waals surface area contributed by atoms with Crippen molar-refractivity contribution in [3.63, 3.8) is 0 Å². The van der Waals surface area contributed by atoms with Crippen LogP contribution < -0.4 is 5.32 Å². The van der Waals surface area contributed by atoms with Crippen molar-refractivity contribution >= 4 is 23.4 Å². The molecule has 3 rings (SSSR count). The normalized spacial score (nSPS) is 11.7. The number of hydrogen-bond acceptors (Lipinski definition) is 3. The van der Waals surface area contributed by atoms with Crippen LogP contribution in [0, 0.1) is 0 Å². The summed E-state index contributed by atoms with van der Waals surface area (Å²) in [6.45, 7) is 0. The number of amides is 1. The van der Waals surface area contributed by atoms with Crippen molar-refractivity contribution in [2.75, 3.05) is 5.32 Å². The number of aromatic nitrogens is 2. The first kappa shape index (κ1) is 20.8. The Morgan fingerprint density at radius 3 is 2.45 bits per heavy atom. The maximum Gasteiger partial charge on any atom is 0.446 e. The van der Waals surface area contributed by atoms with Gasteiger partial charge in [0.25, 0.3) is 12.3 Å². The molecule has 0 fully saturated rings. The van der Waals surface area contributed by atoms with E-state index < -0.39 is 23.5 Å². The van der Waals surface area contributed by atoms with Gasteiger partial charge in [-0.2, -0.15) is 18.3 Å². The molecule has 2 aromatic carbocycles. The molecule has 0 atom stereocenters. The van der Waals surface area contributed by atoms with Gasteiger partial charge in [-0.1, -0.05) is 36.4 Å². The van der Waals surface area contributed by atoms with E-state index in [1.807, 2.05) is 0 Å². The number of carbonyl (C=O) groups is 1. The van der Waals surface area contributed by atoms with Gasteiger partial charge in [0.1, 0.15) is 5.69 Å². The summed E-state index contributed by atoms with van der Waals surface area (Å²) in [6.07, 6.45) is -1.84. The number of anilines is 1. The van der Waals surface area contributed by atoms with Gasteiger partial charge >= 0.3 is 5.51 Å². The average Bonchev–Trinajstić information content (AvgIpc) is 3.04. The van der Waals surface area contributed by atoms with Crippen molar-refractivity contribution in [3.8, 4) is 11.1 Å². The molecule has 0 aliphatic carbocycles. The Morgan fingerprint density at radius 1 is 1.14 bits per heavy atom. The molecule has 0 spiro atoms. The molecule has 1 aromatic heterocycles. The van der Waals surface area contributed by atoms with Crippen LogP contribution in [-0.2, 0) is 7.05 Å². The van der Waals surface area contributed by atoms with Gasteiger partial charge in [-0.05, 0) is 29.5 Å². The van der Waals surface area contributed by atoms with Gasteiger partial charge in [0.15, 0.2) is 0 Å². The van der Waals surface area contributed by atoms with E-state index in [9.17, 15) is 26.7 Å². The van der Waals surface area contributed by atoms with Crippen molar-refractivity contribution in [1.82, 2.24) is 9.78 Å². The van der Waals surface area contributed by atoms with E-state index >= 15 is 0 Å². The average molecular weight is 427 g/mol. The fraction of sp³-hybridized carbons (Fsp3) is 0.158. The van der Waals surface area contributed by atoms with Crippen molar-refractivity contribution < 1.29 is 26.7 Å². The molecule has 0 aliphatic heterocycles. The Morgan fingerprint density at radius 2 is 1.83 bits per heavy atom. The number of thioether (sulfide) groups is 1. The van der Waals surface area contributed by atoms with Crippen molar-refractivity contribution in [2.24, 2.45) is 7.05 Å². The number of hydrogen-bond donors (Lipinski definition) is 1. The lowest BCUT2D eigenvalue weighted by molar-refractivity contribution is -0.0328. The number of alkyl halides is 5. The molecule has 0 aliphatic rings. The van der Waals surface area contributed by atoms with Gasteiger partial charge in [-0.15, -0.1) is 0 Å². The van der Waals surface area contributed by atoms with E-state index in [1.165, 1.54) is 19.2 Å². The summed E-state index contributed by atoms with van der Waals surface area (Å²) < 4.78 is 65.6. The van der Waals surface area contributed by atoms with E-state index in [-0.39, 0.29) is 27.9 Å². The number of halogens is 5. The third-order valence-electron chi connectivity index (χ3n) is 3.87. The second-order valence-electron chi connectivity index (χ2n) is 5.98. The van der Waals surface area contributed by atoms with Crippen LogP contribution in [-0.4, -0.2) is 21.2 Å². The Balaban J connectivity index is 2.01. The van der Waals surface area contributed by atoms with Crippen molar-refractivity contribution in [2.45, 2.75) is 16.8 Å². The highest BCUT2D eigenvalue weighted by molar-refractivity contribution is 8.00. The lowest BCUT2D eigenvalue weighted by Crippen LogP contribution is -2.14. The van der Waals surface area contributed by atoms with E-state index in [4.69, 9.17) is 0 Å². The summed E-state index contributed by atoms with van der Waals surface area (Å²) in [5, 5.41) is 6.03. The van der Waals surface area contributed by atoms with E-state index in [2.05, 4.69) is 10.4 Å². The fourth-order valence-corrected chi connectivity index (χ4v) is 3.30. The highest BCUT2D eigenvalue weighted by Gasteiger charge is 2.30. The van der Waals surface area contributed by atoms with Crippen molar-refractivity contribution in [3.05, 3.63) is 66.0 Å².